The minimum Gasteiger partial charge on any atom is -0.370 e. The Morgan fingerprint density at radius 1 is 1.21 bits per heavy atom. The van der Waals surface area contributed by atoms with E-state index < -0.39 is 0 Å². The van der Waals surface area contributed by atoms with Crippen LogP contribution in [0.15, 0.2) is 6.07 Å². The molecule has 0 bridgehead atoms. The molecule has 1 unspecified atom stereocenters. The average molecular weight is 262 g/mol. The van der Waals surface area contributed by atoms with E-state index in [1.54, 1.807) is 0 Å². The van der Waals surface area contributed by atoms with Crippen LogP contribution in [0.2, 0.25) is 0 Å². The standard InChI is InChI=1S/C15H26N4/c1-4-8-16-14-9-15(19-13(5-2)18-14)17-10-11(3)12-6-7-12/h9,11-12H,4-8,10H2,1-3H3,(H2,16,17,18,19). The van der Waals surface area contributed by atoms with E-state index in [4.69, 9.17) is 0 Å². The molecule has 1 aromatic heterocycles. The molecule has 106 valence electrons. The first kappa shape index (κ1) is 14.1. The van der Waals surface area contributed by atoms with Gasteiger partial charge in [0.05, 0.1) is 0 Å². The normalized spacial score (nSPS) is 16.2. The SMILES string of the molecule is CCCNc1cc(NCC(C)C2CC2)nc(CC)n1. The van der Waals surface area contributed by atoms with Crippen LogP contribution in [0.1, 0.15) is 45.9 Å². The van der Waals surface area contributed by atoms with Crippen molar-refractivity contribution in [3.05, 3.63) is 11.9 Å². The number of anilines is 2. The molecule has 1 atom stereocenters. The van der Waals surface area contributed by atoms with E-state index in [-0.39, 0.29) is 0 Å². The van der Waals surface area contributed by atoms with E-state index in [9.17, 15) is 0 Å². The predicted octanol–water partition coefficient (Wildman–Crippen LogP) is 3.32. The van der Waals surface area contributed by atoms with Crippen molar-refractivity contribution in [2.75, 3.05) is 23.7 Å². The van der Waals surface area contributed by atoms with E-state index in [1.165, 1.54) is 12.8 Å². The second kappa shape index (κ2) is 6.73. The first-order chi connectivity index (χ1) is 9.22. The van der Waals surface area contributed by atoms with Gasteiger partial charge in [-0.3, -0.25) is 0 Å². The summed E-state index contributed by atoms with van der Waals surface area (Å²) in [4.78, 5) is 9.05. The summed E-state index contributed by atoms with van der Waals surface area (Å²) in [6, 6.07) is 2.02. The highest BCUT2D eigenvalue weighted by molar-refractivity contribution is 5.47. The van der Waals surface area contributed by atoms with Gasteiger partial charge in [-0.15, -0.1) is 0 Å². The molecule has 0 aromatic carbocycles. The summed E-state index contributed by atoms with van der Waals surface area (Å²) in [6.45, 7) is 8.54. The molecule has 0 saturated heterocycles. The van der Waals surface area contributed by atoms with E-state index in [1.807, 2.05) is 6.07 Å². The molecular weight excluding hydrogens is 236 g/mol. The molecule has 4 nitrogen and oxygen atoms in total. The van der Waals surface area contributed by atoms with E-state index in [0.29, 0.717) is 0 Å². The van der Waals surface area contributed by atoms with Crippen LogP contribution in [0.25, 0.3) is 0 Å². The minimum absolute atomic E-state index is 0.743. The van der Waals surface area contributed by atoms with E-state index in [0.717, 1.165) is 55.2 Å². The third-order valence-corrected chi connectivity index (χ3v) is 3.68. The Morgan fingerprint density at radius 2 is 1.89 bits per heavy atom. The van der Waals surface area contributed by atoms with Crippen molar-refractivity contribution in [3.8, 4) is 0 Å². The Bertz CT molecular complexity index is 401. The first-order valence-electron chi connectivity index (χ1n) is 7.58. The molecule has 1 heterocycles. The van der Waals surface area contributed by atoms with Crippen LogP contribution in [-0.4, -0.2) is 23.1 Å². The maximum Gasteiger partial charge on any atom is 0.132 e. The fourth-order valence-electron chi connectivity index (χ4n) is 2.19. The number of nitrogens with zero attached hydrogens (tertiary/aromatic N) is 2. The smallest absolute Gasteiger partial charge is 0.132 e. The van der Waals surface area contributed by atoms with Crippen molar-refractivity contribution in [1.82, 2.24) is 9.97 Å². The van der Waals surface area contributed by atoms with Crippen molar-refractivity contribution in [2.45, 2.75) is 46.5 Å². The van der Waals surface area contributed by atoms with Crippen molar-refractivity contribution in [2.24, 2.45) is 11.8 Å². The second-order valence-electron chi connectivity index (χ2n) is 5.53. The monoisotopic (exact) mass is 262 g/mol. The molecule has 1 fully saturated rings. The van der Waals surface area contributed by atoms with Gasteiger partial charge in [-0.25, -0.2) is 9.97 Å². The molecule has 2 rings (SSSR count). The number of hydrogen-bond donors (Lipinski definition) is 2. The third kappa shape index (κ3) is 4.37. The maximum atomic E-state index is 4.55. The van der Waals surface area contributed by atoms with Crippen molar-refractivity contribution < 1.29 is 0 Å². The summed E-state index contributed by atoms with van der Waals surface area (Å²) in [5.74, 6) is 4.47. The zero-order valence-corrected chi connectivity index (χ0v) is 12.4. The summed E-state index contributed by atoms with van der Waals surface area (Å²) in [5.41, 5.74) is 0. The number of hydrogen-bond acceptors (Lipinski definition) is 4. The fraction of sp³-hybridized carbons (Fsp3) is 0.733. The van der Waals surface area contributed by atoms with Crippen LogP contribution in [0.5, 0.6) is 0 Å². The van der Waals surface area contributed by atoms with Gasteiger partial charge in [0.1, 0.15) is 17.5 Å². The molecular formula is C15H26N4. The lowest BCUT2D eigenvalue weighted by Gasteiger charge is -2.14. The Balaban J connectivity index is 1.96. The van der Waals surface area contributed by atoms with Gasteiger partial charge < -0.3 is 10.6 Å². The first-order valence-corrected chi connectivity index (χ1v) is 7.58. The zero-order chi connectivity index (χ0) is 13.7. The maximum absolute atomic E-state index is 4.55. The molecule has 0 amide bonds. The van der Waals surface area contributed by atoms with Gasteiger partial charge in [0.2, 0.25) is 0 Å². The Labute approximate surface area is 116 Å². The lowest BCUT2D eigenvalue weighted by Crippen LogP contribution is -2.15. The summed E-state index contributed by atoms with van der Waals surface area (Å²) >= 11 is 0. The average Bonchev–Trinajstić information content (AvgIpc) is 3.26. The Kier molecular flexibility index (Phi) is 5.00. The molecule has 0 aliphatic heterocycles. The number of nitrogens with one attached hydrogen (secondary N) is 2. The molecule has 4 heteroatoms. The van der Waals surface area contributed by atoms with E-state index >= 15 is 0 Å². The van der Waals surface area contributed by atoms with Crippen LogP contribution < -0.4 is 10.6 Å². The number of aromatic nitrogens is 2. The molecule has 19 heavy (non-hydrogen) atoms. The van der Waals surface area contributed by atoms with Gasteiger partial charge >= 0.3 is 0 Å². The molecule has 1 saturated carbocycles. The topological polar surface area (TPSA) is 49.8 Å². The number of rotatable bonds is 8. The summed E-state index contributed by atoms with van der Waals surface area (Å²) in [5, 5.41) is 6.81. The Morgan fingerprint density at radius 3 is 2.47 bits per heavy atom. The summed E-state index contributed by atoms with van der Waals surface area (Å²) in [6.07, 6.45) is 4.77. The molecule has 0 spiro atoms. The molecule has 1 aliphatic rings. The molecule has 2 N–H and O–H groups in total. The van der Waals surface area contributed by atoms with Gasteiger partial charge in [-0.05, 0) is 31.1 Å². The largest absolute Gasteiger partial charge is 0.370 e. The van der Waals surface area contributed by atoms with Crippen LogP contribution in [0.4, 0.5) is 11.6 Å². The van der Waals surface area contributed by atoms with Gasteiger partial charge in [-0.2, -0.15) is 0 Å². The highest BCUT2D eigenvalue weighted by atomic mass is 15.1. The van der Waals surface area contributed by atoms with Crippen LogP contribution in [0.3, 0.4) is 0 Å². The summed E-state index contributed by atoms with van der Waals surface area (Å²) < 4.78 is 0. The zero-order valence-electron chi connectivity index (χ0n) is 12.4. The van der Waals surface area contributed by atoms with Gasteiger partial charge in [0.25, 0.3) is 0 Å². The lowest BCUT2D eigenvalue weighted by molar-refractivity contribution is 0.536. The Hall–Kier alpha value is -1.32. The van der Waals surface area contributed by atoms with Crippen LogP contribution in [0, 0.1) is 11.8 Å². The van der Waals surface area contributed by atoms with Crippen molar-refractivity contribution in [1.29, 1.82) is 0 Å². The molecule has 0 radical (unpaired) electrons. The quantitative estimate of drug-likeness (QED) is 0.754. The van der Waals surface area contributed by atoms with Crippen molar-refractivity contribution >= 4 is 11.6 Å². The number of aryl methyl sites for hydroxylation is 1. The van der Waals surface area contributed by atoms with Gasteiger partial charge in [0, 0.05) is 25.6 Å². The van der Waals surface area contributed by atoms with Gasteiger partial charge in [-0.1, -0.05) is 20.8 Å². The van der Waals surface area contributed by atoms with Crippen LogP contribution in [-0.2, 0) is 6.42 Å². The highest BCUT2D eigenvalue weighted by Crippen LogP contribution is 2.36. The van der Waals surface area contributed by atoms with Crippen LogP contribution >= 0.6 is 0 Å². The minimum atomic E-state index is 0.743. The van der Waals surface area contributed by atoms with Gasteiger partial charge in [0.15, 0.2) is 0 Å². The second-order valence-corrected chi connectivity index (χ2v) is 5.53. The predicted molar refractivity (Wildman–Crippen MR) is 80.6 cm³/mol. The summed E-state index contributed by atoms with van der Waals surface area (Å²) in [7, 11) is 0. The molecule has 1 aliphatic carbocycles. The fourth-order valence-corrected chi connectivity index (χ4v) is 2.19. The highest BCUT2D eigenvalue weighted by Gasteiger charge is 2.27. The third-order valence-electron chi connectivity index (χ3n) is 3.68. The lowest BCUT2D eigenvalue weighted by atomic mass is 10.1. The molecule has 1 aromatic rings. The van der Waals surface area contributed by atoms with Crippen molar-refractivity contribution in [3.63, 3.8) is 0 Å². The van der Waals surface area contributed by atoms with E-state index in [2.05, 4.69) is 41.4 Å².